The van der Waals surface area contributed by atoms with Gasteiger partial charge in [-0.25, -0.2) is 0 Å². The molecule has 0 aliphatic carbocycles. The summed E-state index contributed by atoms with van der Waals surface area (Å²) in [4.78, 5) is 30.2. The van der Waals surface area contributed by atoms with Crippen LogP contribution in [0, 0.1) is 0 Å². The van der Waals surface area contributed by atoms with Crippen molar-refractivity contribution < 1.29 is 14.3 Å². The Labute approximate surface area is 206 Å². The number of hydrogen-bond donors (Lipinski definition) is 0. The van der Waals surface area contributed by atoms with Crippen molar-refractivity contribution in [1.29, 1.82) is 0 Å². The van der Waals surface area contributed by atoms with Gasteiger partial charge in [-0.15, -0.1) is 11.8 Å². The number of aryl methyl sites for hydroxylation is 1. The molecule has 0 bridgehead atoms. The quantitative estimate of drug-likeness (QED) is 0.521. The number of anilines is 2. The molecule has 3 heterocycles. The SMILES string of the molecule is CCCCc1ccc(N2C(=O)CS[C@@]23C(=O)N2c4c(cc(OCC)cc43)C(C)=CC2(C)C)cc1. The number of unbranched alkanes of at least 4 members (excludes halogenated alkanes) is 1. The highest BCUT2D eigenvalue weighted by molar-refractivity contribution is 8.02. The molecule has 2 aromatic carbocycles. The van der Waals surface area contributed by atoms with E-state index in [1.807, 2.05) is 36.1 Å². The van der Waals surface area contributed by atoms with Crippen LogP contribution in [0.2, 0.25) is 0 Å². The zero-order chi connectivity index (χ0) is 24.3. The highest BCUT2D eigenvalue weighted by atomic mass is 32.2. The smallest absolute Gasteiger partial charge is 0.269 e. The van der Waals surface area contributed by atoms with E-state index in [-0.39, 0.29) is 17.6 Å². The van der Waals surface area contributed by atoms with E-state index in [1.54, 1.807) is 4.90 Å². The van der Waals surface area contributed by atoms with Gasteiger partial charge in [0.2, 0.25) is 10.8 Å². The van der Waals surface area contributed by atoms with Gasteiger partial charge in [0, 0.05) is 16.8 Å². The van der Waals surface area contributed by atoms with Crippen molar-refractivity contribution in [2.24, 2.45) is 0 Å². The average Bonchev–Trinajstić information content (AvgIpc) is 3.27. The number of ether oxygens (including phenoxy) is 1. The fraction of sp³-hybridized carbons (Fsp3) is 0.429. The van der Waals surface area contributed by atoms with Crippen molar-refractivity contribution in [2.45, 2.75) is 64.3 Å². The molecule has 0 unspecified atom stereocenters. The second kappa shape index (κ2) is 8.19. The Morgan fingerprint density at radius 1 is 1.06 bits per heavy atom. The number of carbonyl (C=O) groups excluding carboxylic acids is 2. The van der Waals surface area contributed by atoms with Crippen molar-refractivity contribution in [3.63, 3.8) is 0 Å². The lowest BCUT2D eigenvalue weighted by molar-refractivity contribution is -0.124. The Bertz CT molecular complexity index is 1200. The second-order valence-corrected chi connectivity index (χ2v) is 11.0. The zero-order valence-electron chi connectivity index (χ0n) is 20.6. The lowest BCUT2D eigenvalue weighted by Gasteiger charge is -2.40. The number of carbonyl (C=O) groups is 2. The van der Waals surface area contributed by atoms with Crippen LogP contribution in [0.25, 0.3) is 5.57 Å². The van der Waals surface area contributed by atoms with Crippen LogP contribution < -0.4 is 14.5 Å². The van der Waals surface area contributed by atoms with Crippen molar-refractivity contribution in [3.8, 4) is 5.75 Å². The van der Waals surface area contributed by atoms with Crippen LogP contribution in [-0.4, -0.2) is 29.7 Å². The van der Waals surface area contributed by atoms with Gasteiger partial charge in [0.15, 0.2) is 0 Å². The summed E-state index contributed by atoms with van der Waals surface area (Å²) >= 11 is 1.42. The minimum atomic E-state index is -1.13. The van der Waals surface area contributed by atoms with Crippen molar-refractivity contribution in [3.05, 3.63) is 59.2 Å². The summed E-state index contributed by atoms with van der Waals surface area (Å²) < 4.78 is 5.92. The van der Waals surface area contributed by atoms with E-state index < -0.39 is 10.4 Å². The number of nitrogens with zero attached hydrogens (tertiary/aromatic N) is 2. The zero-order valence-corrected chi connectivity index (χ0v) is 21.4. The van der Waals surface area contributed by atoms with E-state index in [0.29, 0.717) is 6.61 Å². The predicted molar refractivity (Wildman–Crippen MR) is 140 cm³/mol. The molecule has 5 rings (SSSR count). The molecule has 6 heteroatoms. The van der Waals surface area contributed by atoms with Crippen LogP contribution in [0.5, 0.6) is 5.75 Å². The fourth-order valence-corrected chi connectivity index (χ4v) is 6.92. The van der Waals surface area contributed by atoms with E-state index in [9.17, 15) is 9.59 Å². The van der Waals surface area contributed by atoms with Crippen LogP contribution in [0.4, 0.5) is 11.4 Å². The van der Waals surface area contributed by atoms with Gasteiger partial charge in [0.25, 0.3) is 5.91 Å². The number of hydrogen-bond acceptors (Lipinski definition) is 4. The monoisotopic (exact) mass is 476 g/mol. The van der Waals surface area contributed by atoms with Crippen LogP contribution in [0.15, 0.2) is 42.5 Å². The van der Waals surface area contributed by atoms with Gasteiger partial charge in [-0.05, 0) is 75.9 Å². The van der Waals surface area contributed by atoms with Crippen LogP contribution in [-0.2, 0) is 20.9 Å². The largest absolute Gasteiger partial charge is 0.494 e. The maximum Gasteiger partial charge on any atom is 0.269 e. The van der Waals surface area contributed by atoms with Gasteiger partial charge >= 0.3 is 0 Å². The third-order valence-electron chi connectivity index (χ3n) is 7.03. The number of allylic oxidation sites excluding steroid dienone is 1. The van der Waals surface area contributed by atoms with Crippen molar-refractivity contribution in [1.82, 2.24) is 0 Å². The van der Waals surface area contributed by atoms with Crippen LogP contribution >= 0.6 is 11.8 Å². The summed E-state index contributed by atoms with van der Waals surface area (Å²) in [6.07, 6.45) is 5.43. The molecule has 1 saturated heterocycles. The summed E-state index contributed by atoms with van der Waals surface area (Å²) in [6, 6.07) is 12.2. The Morgan fingerprint density at radius 3 is 2.47 bits per heavy atom. The Morgan fingerprint density at radius 2 is 1.79 bits per heavy atom. The first-order valence-corrected chi connectivity index (χ1v) is 13.1. The number of rotatable bonds is 6. The molecule has 0 N–H and O–H groups in total. The van der Waals surface area contributed by atoms with Gasteiger partial charge in [0.05, 0.1) is 23.6 Å². The molecule has 178 valence electrons. The summed E-state index contributed by atoms with van der Waals surface area (Å²) in [7, 11) is 0. The molecule has 1 atom stereocenters. The molecule has 0 aromatic heterocycles. The molecule has 1 spiro atoms. The summed E-state index contributed by atoms with van der Waals surface area (Å²) in [5.41, 5.74) is 5.39. The maximum absolute atomic E-state index is 14.4. The molecular formula is C28H32N2O3S. The molecule has 1 fully saturated rings. The first-order chi connectivity index (χ1) is 16.2. The number of amides is 2. The van der Waals surface area contributed by atoms with Crippen LogP contribution in [0.1, 0.15) is 64.2 Å². The van der Waals surface area contributed by atoms with Crippen LogP contribution in [0.3, 0.4) is 0 Å². The summed E-state index contributed by atoms with van der Waals surface area (Å²) in [5, 5.41) is 0. The lowest BCUT2D eigenvalue weighted by Crippen LogP contribution is -2.54. The lowest BCUT2D eigenvalue weighted by atomic mass is 9.89. The van der Waals surface area contributed by atoms with E-state index in [4.69, 9.17) is 4.74 Å². The Balaban J connectivity index is 1.70. The van der Waals surface area contributed by atoms with E-state index in [2.05, 4.69) is 45.9 Å². The molecule has 34 heavy (non-hydrogen) atoms. The van der Waals surface area contributed by atoms with E-state index in [1.165, 1.54) is 17.3 Å². The minimum Gasteiger partial charge on any atom is -0.494 e. The molecule has 2 aromatic rings. The predicted octanol–water partition coefficient (Wildman–Crippen LogP) is 5.90. The van der Waals surface area contributed by atoms with E-state index in [0.717, 1.165) is 53.1 Å². The van der Waals surface area contributed by atoms with Gasteiger partial charge in [-0.2, -0.15) is 0 Å². The molecule has 2 amide bonds. The fourth-order valence-electron chi connectivity index (χ4n) is 5.59. The maximum atomic E-state index is 14.4. The minimum absolute atomic E-state index is 0.0439. The number of fused-ring (bicyclic) bond motifs is 1. The van der Waals surface area contributed by atoms with Gasteiger partial charge in [0.1, 0.15) is 5.75 Å². The van der Waals surface area contributed by atoms with Gasteiger partial charge in [-0.3, -0.25) is 19.4 Å². The Kier molecular flexibility index (Phi) is 5.55. The molecule has 5 nitrogen and oxygen atoms in total. The van der Waals surface area contributed by atoms with Gasteiger partial charge in [-0.1, -0.05) is 31.6 Å². The molecule has 0 radical (unpaired) electrons. The number of benzene rings is 2. The molecular weight excluding hydrogens is 444 g/mol. The first-order valence-electron chi connectivity index (χ1n) is 12.2. The molecule has 3 aliphatic rings. The molecule has 3 aliphatic heterocycles. The topological polar surface area (TPSA) is 49.9 Å². The highest BCUT2D eigenvalue weighted by Gasteiger charge is 2.64. The third-order valence-corrected chi connectivity index (χ3v) is 8.42. The van der Waals surface area contributed by atoms with Crippen molar-refractivity contribution in [2.75, 3.05) is 22.2 Å². The van der Waals surface area contributed by atoms with Gasteiger partial charge < -0.3 is 4.74 Å². The van der Waals surface area contributed by atoms with E-state index >= 15 is 0 Å². The third kappa shape index (κ3) is 3.22. The normalized spacial score (nSPS) is 22.4. The summed E-state index contributed by atoms with van der Waals surface area (Å²) in [6.45, 7) is 10.9. The summed E-state index contributed by atoms with van der Waals surface area (Å²) in [5.74, 6) is 0.889. The van der Waals surface area contributed by atoms with Crippen molar-refractivity contribution >= 4 is 40.5 Å². The number of thioether (sulfide) groups is 1. The second-order valence-electron chi connectivity index (χ2n) is 9.85. The Hall–Kier alpha value is -2.73. The standard InChI is InChI=1S/C28H32N2O3S/c1-6-8-9-19-10-12-20(13-11-19)29-24(31)17-34-28(29)23-15-21(33-7-2)14-22-18(3)16-27(4,5)30(25(22)23)26(28)32/h10-16H,6-9,17H2,1-5H3/t28-/m0/s1. The first kappa shape index (κ1) is 23.0. The highest BCUT2D eigenvalue weighted by Crippen LogP contribution is 2.60. The molecule has 0 saturated carbocycles. The average molecular weight is 477 g/mol.